The van der Waals surface area contributed by atoms with Crippen molar-refractivity contribution >= 4 is 0 Å². The number of aromatic nitrogens is 3. The van der Waals surface area contributed by atoms with Crippen LogP contribution in [0.3, 0.4) is 0 Å². The monoisotopic (exact) mass is 214 g/mol. The van der Waals surface area contributed by atoms with Gasteiger partial charge in [-0.3, -0.25) is 0 Å². The second kappa shape index (κ2) is 3.72. The summed E-state index contributed by atoms with van der Waals surface area (Å²) in [7, 11) is 0. The van der Waals surface area contributed by atoms with E-state index < -0.39 is 0 Å². The van der Waals surface area contributed by atoms with Crippen LogP contribution in [0.2, 0.25) is 0 Å². The van der Waals surface area contributed by atoms with Gasteiger partial charge in [0.2, 0.25) is 0 Å². The first-order valence-electron chi connectivity index (χ1n) is 5.59. The molecule has 0 spiro atoms. The van der Waals surface area contributed by atoms with Crippen molar-refractivity contribution in [2.75, 3.05) is 0 Å². The Kier molecular flexibility index (Phi) is 2.22. The summed E-state index contributed by atoms with van der Waals surface area (Å²) in [5.41, 5.74) is 8.83. The summed E-state index contributed by atoms with van der Waals surface area (Å²) in [6.45, 7) is 0.441. The van der Waals surface area contributed by atoms with Crippen LogP contribution in [0.1, 0.15) is 24.6 Å². The standard InChI is InChI=1S/C12H14N4/c13-8-11-12(9-4-2-1-3-5-9)16(15-14-11)10-6-7-10/h1-5,10H,6-8,13H2. The van der Waals surface area contributed by atoms with Crippen LogP contribution in [0.4, 0.5) is 0 Å². The maximum atomic E-state index is 5.71. The van der Waals surface area contributed by atoms with Crippen LogP contribution in [0.25, 0.3) is 11.3 Å². The highest BCUT2D eigenvalue weighted by atomic mass is 15.5. The number of nitrogens with two attached hydrogens (primary N) is 1. The first kappa shape index (κ1) is 9.54. The number of benzene rings is 1. The molecule has 82 valence electrons. The Morgan fingerprint density at radius 3 is 2.62 bits per heavy atom. The molecule has 1 fully saturated rings. The molecule has 4 heteroatoms. The Bertz CT molecular complexity index is 485. The highest BCUT2D eigenvalue weighted by molar-refractivity contribution is 5.62. The van der Waals surface area contributed by atoms with E-state index in [0.717, 1.165) is 17.0 Å². The molecule has 0 amide bonds. The Balaban J connectivity index is 2.13. The molecule has 0 atom stereocenters. The Labute approximate surface area is 94.1 Å². The van der Waals surface area contributed by atoms with Gasteiger partial charge in [0.15, 0.2) is 0 Å². The van der Waals surface area contributed by atoms with E-state index in [1.807, 2.05) is 22.9 Å². The summed E-state index contributed by atoms with van der Waals surface area (Å²) in [4.78, 5) is 0. The molecule has 1 saturated carbocycles. The van der Waals surface area contributed by atoms with Gasteiger partial charge in [-0.25, -0.2) is 4.68 Å². The second-order valence-corrected chi connectivity index (χ2v) is 4.13. The van der Waals surface area contributed by atoms with Crippen LogP contribution in [0.15, 0.2) is 30.3 Å². The Morgan fingerprint density at radius 1 is 1.25 bits per heavy atom. The lowest BCUT2D eigenvalue weighted by molar-refractivity contribution is 0.616. The van der Waals surface area contributed by atoms with Crippen molar-refractivity contribution in [3.8, 4) is 11.3 Å². The van der Waals surface area contributed by atoms with Gasteiger partial charge in [-0.05, 0) is 12.8 Å². The molecular weight excluding hydrogens is 200 g/mol. The van der Waals surface area contributed by atoms with Gasteiger partial charge in [-0.1, -0.05) is 35.5 Å². The molecule has 1 aromatic carbocycles. The molecule has 4 nitrogen and oxygen atoms in total. The van der Waals surface area contributed by atoms with Crippen LogP contribution in [-0.2, 0) is 6.54 Å². The molecule has 3 rings (SSSR count). The predicted octanol–water partition coefficient (Wildman–Crippen LogP) is 1.74. The first-order chi connectivity index (χ1) is 7.90. The van der Waals surface area contributed by atoms with E-state index in [9.17, 15) is 0 Å². The largest absolute Gasteiger partial charge is 0.325 e. The van der Waals surface area contributed by atoms with Gasteiger partial charge in [0, 0.05) is 12.1 Å². The van der Waals surface area contributed by atoms with E-state index in [1.165, 1.54) is 12.8 Å². The van der Waals surface area contributed by atoms with Crippen LogP contribution < -0.4 is 5.73 Å². The molecule has 0 aliphatic heterocycles. The van der Waals surface area contributed by atoms with E-state index in [2.05, 4.69) is 22.4 Å². The smallest absolute Gasteiger partial charge is 0.104 e. The average Bonchev–Trinajstić information content (AvgIpc) is 3.09. The van der Waals surface area contributed by atoms with Crippen molar-refractivity contribution in [1.29, 1.82) is 0 Å². The van der Waals surface area contributed by atoms with Crippen molar-refractivity contribution in [1.82, 2.24) is 15.0 Å². The van der Waals surface area contributed by atoms with Gasteiger partial charge < -0.3 is 5.73 Å². The highest BCUT2D eigenvalue weighted by Crippen LogP contribution is 2.38. The predicted molar refractivity (Wildman–Crippen MR) is 61.6 cm³/mol. The third-order valence-electron chi connectivity index (χ3n) is 2.90. The number of nitrogens with zero attached hydrogens (tertiary/aromatic N) is 3. The lowest BCUT2D eigenvalue weighted by Crippen LogP contribution is -2.02. The van der Waals surface area contributed by atoms with Gasteiger partial charge in [0.05, 0.1) is 11.7 Å². The summed E-state index contributed by atoms with van der Waals surface area (Å²) >= 11 is 0. The van der Waals surface area contributed by atoms with Crippen molar-refractivity contribution in [3.63, 3.8) is 0 Å². The molecule has 1 aliphatic carbocycles. The molecule has 1 aromatic heterocycles. The second-order valence-electron chi connectivity index (χ2n) is 4.13. The van der Waals surface area contributed by atoms with E-state index in [0.29, 0.717) is 12.6 Å². The first-order valence-corrected chi connectivity index (χ1v) is 5.59. The van der Waals surface area contributed by atoms with Crippen molar-refractivity contribution in [2.24, 2.45) is 5.73 Å². The van der Waals surface area contributed by atoms with E-state index in [-0.39, 0.29) is 0 Å². The molecule has 2 N–H and O–H groups in total. The third-order valence-corrected chi connectivity index (χ3v) is 2.90. The van der Waals surface area contributed by atoms with Gasteiger partial charge in [-0.2, -0.15) is 0 Å². The van der Waals surface area contributed by atoms with E-state index >= 15 is 0 Å². The number of hydrogen-bond donors (Lipinski definition) is 1. The summed E-state index contributed by atoms with van der Waals surface area (Å²) in [6, 6.07) is 10.8. The van der Waals surface area contributed by atoms with Gasteiger partial charge in [0.25, 0.3) is 0 Å². The highest BCUT2D eigenvalue weighted by Gasteiger charge is 2.28. The maximum Gasteiger partial charge on any atom is 0.104 e. The quantitative estimate of drug-likeness (QED) is 0.846. The Hall–Kier alpha value is -1.68. The SMILES string of the molecule is NCc1nnn(C2CC2)c1-c1ccccc1. The van der Waals surface area contributed by atoms with Crippen molar-refractivity contribution in [2.45, 2.75) is 25.4 Å². The molecule has 0 bridgehead atoms. The molecule has 2 aromatic rings. The van der Waals surface area contributed by atoms with Crippen molar-refractivity contribution in [3.05, 3.63) is 36.0 Å². The van der Waals surface area contributed by atoms with Crippen molar-refractivity contribution < 1.29 is 0 Å². The minimum absolute atomic E-state index is 0.441. The zero-order valence-corrected chi connectivity index (χ0v) is 9.00. The number of rotatable bonds is 3. The van der Waals surface area contributed by atoms with Gasteiger partial charge in [-0.15, -0.1) is 5.10 Å². The summed E-state index contributed by atoms with van der Waals surface area (Å²) in [5.74, 6) is 0. The minimum Gasteiger partial charge on any atom is -0.325 e. The topological polar surface area (TPSA) is 56.7 Å². The lowest BCUT2D eigenvalue weighted by Gasteiger charge is -2.06. The molecule has 0 unspecified atom stereocenters. The molecular formula is C12H14N4. The van der Waals surface area contributed by atoms with Gasteiger partial charge >= 0.3 is 0 Å². The van der Waals surface area contributed by atoms with Crippen LogP contribution in [0.5, 0.6) is 0 Å². The van der Waals surface area contributed by atoms with Crippen LogP contribution in [-0.4, -0.2) is 15.0 Å². The van der Waals surface area contributed by atoms with E-state index in [1.54, 1.807) is 0 Å². The fourth-order valence-corrected chi connectivity index (χ4v) is 1.93. The fraction of sp³-hybridized carbons (Fsp3) is 0.333. The normalized spacial score (nSPS) is 15.3. The minimum atomic E-state index is 0.441. The average molecular weight is 214 g/mol. The summed E-state index contributed by atoms with van der Waals surface area (Å²) < 4.78 is 2.03. The summed E-state index contributed by atoms with van der Waals surface area (Å²) in [6.07, 6.45) is 2.40. The summed E-state index contributed by atoms with van der Waals surface area (Å²) in [5, 5.41) is 8.37. The lowest BCUT2D eigenvalue weighted by atomic mass is 10.1. The molecule has 16 heavy (non-hydrogen) atoms. The third kappa shape index (κ3) is 1.51. The zero-order valence-electron chi connectivity index (χ0n) is 9.00. The zero-order chi connectivity index (χ0) is 11.0. The maximum absolute atomic E-state index is 5.71. The fourth-order valence-electron chi connectivity index (χ4n) is 1.93. The number of hydrogen-bond acceptors (Lipinski definition) is 3. The van der Waals surface area contributed by atoms with Gasteiger partial charge in [0.1, 0.15) is 5.69 Å². The van der Waals surface area contributed by atoms with Crippen LogP contribution >= 0.6 is 0 Å². The van der Waals surface area contributed by atoms with E-state index in [4.69, 9.17) is 5.73 Å². The molecule has 1 aliphatic rings. The molecule has 1 heterocycles. The molecule has 0 saturated heterocycles. The molecule has 0 radical (unpaired) electrons. The Morgan fingerprint density at radius 2 is 2.00 bits per heavy atom. The van der Waals surface area contributed by atoms with Crippen LogP contribution in [0, 0.1) is 0 Å².